The second kappa shape index (κ2) is 7.09. The third kappa shape index (κ3) is 3.17. The number of nitrogens with zero attached hydrogens (tertiary/aromatic N) is 5. The summed E-state index contributed by atoms with van der Waals surface area (Å²) < 4.78 is 15.3. The van der Waals surface area contributed by atoms with Crippen LogP contribution >= 0.6 is 11.8 Å². The van der Waals surface area contributed by atoms with Crippen molar-refractivity contribution in [1.82, 2.24) is 24.6 Å². The van der Waals surface area contributed by atoms with Crippen LogP contribution in [0.1, 0.15) is 29.1 Å². The molecule has 2 aromatic rings. The SMILES string of the molecule is CCN1CCN(C(c2cccc(F)c2)C2Sc3nc(C)nn3C2=O)CC1. The smallest absolute Gasteiger partial charge is 0.264 e. The number of hydrogen-bond acceptors (Lipinski definition) is 6. The van der Waals surface area contributed by atoms with Crippen molar-refractivity contribution >= 4 is 17.7 Å². The number of halogens is 1. The van der Waals surface area contributed by atoms with Crippen molar-refractivity contribution in [2.45, 2.75) is 30.3 Å². The van der Waals surface area contributed by atoms with Gasteiger partial charge in [0.2, 0.25) is 0 Å². The van der Waals surface area contributed by atoms with Gasteiger partial charge in [-0.2, -0.15) is 4.68 Å². The van der Waals surface area contributed by atoms with Gasteiger partial charge in [-0.05, 0) is 31.2 Å². The van der Waals surface area contributed by atoms with Crippen LogP contribution in [0.3, 0.4) is 0 Å². The summed E-state index contributed by atoms with van der Waals surface area (Å²) in [5.74, 6) is 0.248. The predicted octanol–water partition coefficient (Wildman–Crippen LogP) is 2.22. The van der Waals surface area contributed by atoms with E-state index in [2.05, 4.69) is 26.8 Å². The first-order valence-corrected chi connectivity index (χ1v) is 9.81. The van der Waals surface area contributed by atoms with Crippen LogP contribution in [-0.2, 0) is 0 Å². The van der Waals surface area contributed by atoms with E-state index < -0.39 is 0 Å². The maximum absolute atomic E-state index is 13.9. The van der Waals surface area contributed by atoms with Crippen molar-refractivity contribution in [3.63, 3.8) is 0 Å². The van der Waals surface area contributed by atoms with E-state index in [1.807, 2.05) is 6.07 Å². The number of carbonyl (C=O) groups excluding carboxylic acids is 1. The van der Waals surface area contributed by atoms with Crippen molar-refractivity contribution < 1.29 is 9.18 Å². The minimum absolute atomic E-state index is 0.0715. The van der Waals surface area contributed by atoms with Crippen LogP contribution < -0.4 is 0 Å². The fourth-order valence-corrected chi connectivity index (χ4v) is 5.03. The number of aromatic nitrogens is 3. The van der Waals surface area contributed by atoms with Crippen LogP contribution in [0.15, 0.2) is 29.4 Å². The Bertz CT molecular complexity index is 818. The maximum Gasteiger partial charge on any atom is 0.264 e. The Hall–Kier alpha value is -1.77. The van der Waals surface area contributed by atoms with Crippen LogP contribution in [0.2, 0.25) is 0 Å². The zero-order valence-electron chi connectivity index (χ0n) is 14.9. The number of benzene rings is 1. The lowest BCUT2D eigenvalue weighted by Gasteiger charge is -2.40. The Morgan fingerprint density at radius 3 is 2.73 bits per heavy atom. The lowest BCUT2D eigenvalue weighted by molar-refractivity contribution is 0.0738. The molecule has 2 aliphatic rings. The largest absolute Gasteiger partial charge is 0.301 e. The fraction of sp³-hybridized carbons (Fsp3) is 0.500. The summed E-state index contributed by atoms with van der Waals surface area (Å²) in [6, 6.07) is 6.42. The van der Waals surface area contributed by atoms with Crippen molar-refractivity contribution in [2.24, 2.45) is 0 Å². The van der Waals surface area contributed by atoms with Crippen LogP contribution in [-0.4, -0.2) is 68.4 Å². The summed E-state index contributed by atoms with van der Waals surface area (Å²) in [4.78, 5) is 22.0. The molecule has 8 heteroatoms. The van der Waals surface area contributed by atoms with Crippen LogP contribution in [0, 0.1) is 12.7 Å². The van der Waals surface area contributed by atoms with Gasteiger partial charge in [-0.25, -0.2) is 9.37 Å². The molecular formula is C18H22FN5OS. The molecule has 2 aliphatic heterocycles. The molecule has 4 rings (SSSR count). The first-order chi connectivity index (χ1) is 12.6. The van der Waals surface area contributed by atoms with E-state index in [9.17, 15) is 9.18 Å². The Morgan fingerprint density at radius 2 is 2.08 bits per heavy atom. The summed E-state index contributed by atoms with van der Waals surface area (Å²) in [6.45, 7) is 8.58. The third-order valence-electron chi connectivity index (χ3n) is 5.09. The number of thioether (sulfide) groups is 1. The molecule has 6 nitrogen and oxygen atoms in total. The minimum atomic E-state index is -0.361. The molecule has 0 amide bonds. The Kier molecular flexibility index (Phi) is 4.81. The van der Waals surface area contributed by atoms with Crippen LogP contribution in [0.5, 0.6) is 0 Å². The first-order valence-electron chi connectivity index (χ1n) is 8.93. The van der Waals surface area contributed by atoms with Gasteiger partial charge < -0.3 is 4.90 Å². The predicted molar refractivity (Wildman–Crippen MR) is 97.9 cm³/mol. The van der Waals surface area contributed by atoms with Crippen LogP contribution in [0.25, 0.3) is 0 Å². The minimum Gasteiger partial charge on any atom is -0.301 e. The number of likely N-dealkylation sites (N-methyl/N-ethyl adjacent to an activating group) is 1. The number of rotatable bonds is 4. The lowest BCUT2D eigenvalue weighted by atomic mass is 10.00. The van der Waals surface area contributed by atoms with E-state index in [0.29, 0.717) is 11.0 Å². The summed E-state index contributed by atoms with van der Waals surface area (Å²) in [5, 5.41) is 4.49. The van der Waals surface area contributed by atoms with Gasteiger partial charge in [0.15, 0.2) is 5.16 Å². The summed E-state index contributed by atoms with van der Waals surface area (Å²) in [6.07, 6.45) is 0. The van der Waals surface area contributed by atoms with Crippen molar-refractivity contribution in [3.8, 4) is 0 Å². The fourth-order valence-electron chi connectivity index (χ4n) is 3.72. The highest BCUT2D eigenvalue weighted by molar-refractivity contribution is 8.00. The molecule has 138 valence electrons. The van der Waals surface area contributed by atoms with Gasteiger partial charge in [-0.15, -0.1) is 5.10 Å². The van der Waals surface area contributed by atoms with Crippen molar-refractivity contribution in [1.29, 1.82) is 0 Å². The van der Waals surface area contributed by atoms with E-state index in [1.165, 1.54) is 22.5 Å². The monoisotopic (exact) mass is 375 g/mol. The normalized spacial score (nSPS) is 22.6. The molecule has 0 spiro atoms. The van der Waals surface area contributed by atoms with Gasteiger partial charge in [0.05, 0.1) is 6.04 Å². The number of hydrogen-bond donors (Lipinski definition) is 0. The van der Waals surface area contributed by atoms with E-state index in [1.54, 1.807) is 19.1 Å². The van der Waals surface area contributed by atoms with Gasteiger partial charge in [0.1, 0.15) is 16.9 Å². The standard InChI is InChI=1S/C18H22FN5OS/c1-3-22-7-9-23(10-8-22)15(13-5-4-6-14(19)11-13)16-17(25)24-18(26-16)20-12(2)21-24/h4-6,11,15-16H,3,7-10H2,1-2H3. The zero-order valence-corrected chi connectivity index (χ0v) is 15.7. The van der Waals surface area contributed by atoms with Gasteiger partial charge >= 0.3 is 0 Å². The van der Waals surface area contributed by atoms with E-state index in [0.717, 1.165) is 38.3 Å². The molecule has 0 N–H and O–H groups in total. The molecule has 0 saturated carbocycles. The number of carbonyl (C=O) groups is 1. The highest BCUT2D eigenvalue weighted by Crippen LogP contribution is 2.41. The average molecular weight is 375 g/mol. The van der Waals surface area contributed by atoms with Gasteiger partial charge in [0, 0.05) is 26.2 Å². The zero-order chi connectivity index (χ0) is 18.3. The molecule has 1 aromatic heterocycles. The molecule has 26 heavy (non-hydrogen) atoms. The maximum atomic E-state index is 13.9. The molecule has 2 unspecified atom stereocenters. The van der Waals surface area contributed by atoms with Crippen LogP contribution in [0.4, 0.5) is 4.39 Å². The van der Waals surface area contributed by atoms with E-state index in [4.69, 9.17) is 0 Å². The lowest BCUT2D eigenvalue weighted by Crippen LogP contribution is -2.50. The summed E-state index contributed by atoms with van der Waals surface area (Å²) in [7, 11) is 0. The third-order valence-corrected chi connectivity index (χ3v) is 6.28. The van der Waals surface area contributed by atoms with Crippen molar-refractivity contribution in [3.05, 3.63) is 41.5 Å². The van der Waals surface area contributed by atoms with Gasteiger partial charge in [-0.1, -0.05) is 30.8 Å². The average Bonchev–Trinajstić information content (AvgIpc) is 3.14. The highest BCUT2D eigenvalue weighted by atomic mass is 32.2. The molecule has 0 radical (unpaired) electrons. The molecule has 0 bridgehead atoms. The summed E-state index contributed by atoms with van der Waals surface area (Å²) >= 11 is 1.44. The molecule has 1 saturated heterocycles. The number of fused-ring (bicyclic) bond motifs is 1. The molecule has 1 fully saturated rings. The summed E-state index contributed by atoms with van der Waals surface area (Å²) in [5.41, 5.74) is 0.836. The Labute approximate surface area is 156 Å². The van der Waals surface area contributed by atoms with Gasteiger partial charge in [0.25, 0.3) is 5.91 Å². The topological polar surface area (TPSA) is 54.3 Å². The number of piperazine rings is 1. The number of aryl methyl sites for hydroxylation is 1. The molecule has 3 heterocycles. The van der Waals surface area contributed by atoms with Crippen molar-refractivity contribution in [2.75, 3.05) is 32.7 Å². The highest BCUT2D eigenvalue weighted by Gasteiger charge is 2.43. The van der Waals surface area contributed by atoms with E-state index >= 15 is 0 Å². The Balaban J connectivity index is 1.65. The molecular weight excluding hydrogens is 353 g/mol. The van der Waals surface area contributed by atoms with Gasteiger partial charge in [-0.3, -0.25) is 9.69 Å². The molecule has 1 aromatic carbocycles. The second-order valence-corrected chi connectivity index (χ2v) is 7.81. The quantitative estimate of drug-likeness (QED) is 0.817. The second-order valence-electron chi connectivity index (χ2n) is 6.70. The Morgan fingerprint density at radius 1 is 1.31 bits per heavy atom. The van der Waals surface area contributed by atoms with E-state index in [-0.39, 0.29) is 23.0 Å². The first kappa shape index (κ1) is 17.6. The molecule has 0 aliphatic carbocycles. The molecule has 2 atom stereocenters.